The van der Waals surface area contributed by atoms with Crippen LogP contribution in [0.15, 0.2) is 27.3 Å². The Hall–Kier alpha value is -1.70. The first-order valence-electron chi connectivity index (χ1n) is 6.42. The molecule has 0 unspecified atom stereocenters. The van der Waals surface area contributed by atoms with E-state index in [1.54, 1.807) is 29.8 Å². The van der Waals surface area contributed by atoms with E-state index in [4.69, 9.17) is 9.15 Å². The summed E-state index contributed by atoms with van der Waals surface area (Å²) >= 11 is 3.29. The normalized spacial score (nSPS) is 11.0. The second-order valence-electron chi connectivity index (χ2n) is 4.61. The minimum atomic E-state index is 0.442. The lowest BCUT2D eigenvalue weighted by molar-refractivity contribution is 0.185. The molecule has 3 aromatic heterocycles. The van der Waals surface area contributed by atoms with Crippen LogP contribution in [0, 0.1) is 6.92 Å². The molecule has 0 aromatic carbocycles. The fourth-order valence-electron chi connectivity index (χ4n) is 1.86. The largest absolute Gasteiger partial charge is 0.403 e. The van der Waals surface area contributed by atoms with Crippen LogP contribution in [0.2, 0.25) is 0 Å². The lowest BCUT2D eigenvalue weighted by atomic mass is 10.3. The molecular formula is C14H15N3O2S2. The fraction of sp³-hybridized carbons (Fsp3) is 0.286. The molecule has 0 bridgehead atoms. The SMILES string of the molecule is COCc1csc(CNc2nnc(-c3cc(C)cs3)o2)c1. The van der Waals surface area contributed by atoms with Gasteiger partial charge in [0, 0.05) is 12.0 Å². The van der Waals surface area contributed by atoms with E-state index in [-0.39, 0.29) is 0 Å². The molecule has 0 aliphatic carbocycles. The number of aryl methyl sites for hydroxylation is 1. The van der Waals surface area contributed by atoms with Crippen molar-refractivity contribution in [3.8, 4) is 10.8 Å². The average Bonchev–Trinajstić information content (AvgIpc) is 3.17. The van der Waals surface area contributed by atoms with Crippen LogP contribution in [-0.4, -0.2) is 17.3 Å². The molecule has 0 radical (unpaired) electrons. The Morgan fingerprint density at radius 3 is 2.90 bits per heavy atom. The standard InChI is InChI=1S/C14H15N3O2S2/c1-9-3-12(21-7-9)13-16-17-14(19-13)15-5-11-4-10(6-18-2)8-20-11/h3-4,7-8H,5-6H2,1-2H3,(H,15,17). The number of anilines is 1. The third kappa shape index (κ3) is 3.49. The lowest BCUT2D eigenvalue weighted by Gasteiger charge is -1.97. The number of hydrogen-bond acceptors (Lipinski definition) is 7. The average molecular weight is 321 g/mol. The molecule has 3 heterocycles. The number of aromatic nitrogens is 2. The summed E-state index contributed by atoms with van der Waals surface area (Å²) in [6.45, 7) is 3.35. The molecule has 5 nitrogen and oxygen atoms in total. The first-order valence-corrected chi connectivity index (χ1v) is 8.18. The zero-order chi connectivity index (χ0) is 14.7. The molecule has 0 saturated heterocycles. The van der Waals surface area contributed by atoms with E-state index in [2.05, 4.69) is 32.3 Å². The van der Waals surface area contributed by atoms with Crippen LogP contribution >= 0.6 is 22.7 Å². The number of hydrogen-bond donors (Lipinski definition) is 1. The molecule has 3 aromatic rings. The summed E-state index contributed by atoms with van der Waals surface area (Å²) < 4.78 is 10.7. The smallest absolute Gasteiger partial charge is 0.316 e. The molecule has 0 saturated carbocycles. The Morgan fingerprint density at radius 2 is 2.14 bits per heavy atom. The van der Waals surface area contributed by atoms with Crippen molar-refractivity contribution >= 4 is 28.7 Å². The van der Waals surface area contributed by atoms with Gasteiger partial charge in [-0.2, -0.15) is 0 Å². The van der Waals surface area contributed by atoms with Gasteiger partial charge in [-0.1, -0.05) is 5.10 Å². The first-order chi connectivity index (χ1) is 10.2. The van der Waals surface area contributed by atoms with Crippen molar-refractivity contribution in [3.63, 3.8) is 0 Å². The van der Waals surface area contributed by atoms with Crippen molar-refractivity contribution < 1.29 is 9.15 Å². The van der Waals surface area contributed by atoms with Crippen molar-refractivity contribution in [1.29, 1.82) is 0 Å². The predicted molar refractivity (Wildman–Crippen MR) is 84.7 cm³/mol. The van der Waals surface area contributed by atoms with Gasteiger partial charge >= 0.3 is 6.01 Å². The van der Waals surface area contributed by atoms with Crippen LogP contribution in [0.5, 0.6) is 0 Å². The summed E-state index contributed by atoms with van der Waals surface area (Å²) in [6, 6.07) is 4.59. The monoisotopic (exact) mass is 321 g/mol. The third-order valence-corrected chi connectivity index (χ3v) is 4.82. The van der Waals surface area contributed by atoms with Crippen LogP contribution in [0.4, 0.5) is 6.01 Å². The van der Waals surface area contributed by atoms with Crippen molar-refractivity contribution in [2.75, 3.05) is 12.4 Å². The second kappa shape index (κ2) is 6.38. The van der Waals surface area contributed by atoms with Crippen molar-refractivity contribution in [2.24, 2.45) is 0 Å². The number of ether oxygens (including phenoxy) is 1. The number of nitrogens with zero attached hydrogens (tertiary/aromatic N) is 2. The van der Waals surface area contributed by atoms with Gasteiger partial charge in [0.1, 0.15) is 0 Å². The van der Waals surface area contributed by atoms with E-state index < -0.39 is 0 Å². The maximum absolute atomic E-state index is 5.62. The minimum absolute atomic E-state index is 0.442. The summed E-state index contributed by atoms with van der Waals surface area (Å²) in [6.07, 6.45) is 0. The van der Waals surface area contributed by atoms with Gasteiger partial charge < -0.3 is 14.5 Å². The Kier molecular flexibility index (Phi) is 4.33. The van der Waals surface area contributed by atoms with Crippen LogP contribution < -0.4 is 5.32 Å². The highest BCUT2D eigenvalue weighted by molar-refractivity contribution is 7.13. The highest BCUT2D eigenvalue weighted by Crippen LogP contribution is 2.27. The van der Waals surface area contributed by atoms with Crippen LogP contribution in [-0.2, 0) is 17.9 Å². The quantitative estimate of drug-likeness (QED) is 0.745. The number of thiophene rings is 2. The number of rotatable bonds is 6. The number of nitrogens with one attached hydrogen (secondary N) is 1. The van der Waals surface area contributed by atoms with E-state index in [0.29, 0.717) is 25.1 Å². The summed E-state index contributed by atoms with van der Waals surface area (Å²) in [4.78, 5) is 2.19. The Labute approximate surface area is 130 Å². The first kappa shape index (κ1) is 14.2. The van der Waals surface area contributed by atoms with Crippen molar-refractivity contribution in [2.45, 2.75) is 20.1 Å². The second-order valence-corrected chi connectivity index (χ2v) is 6.52. The molecular weight excluding hydrogens is 306 g/mol. The Bertz CT molecular complexity index is 717. The zero-order valence-electron chi connectivity index (χ0n) is 11.8. The molecule has 1 N–H and O–H groups in total. The lowest BCUT2D eigenvalue weighted by Crippen LogP contribution is -1.97. The maximum Gasteiger partial charge on any atom is 0.316 e. The Morgan fingerprint density at radius 1 is 1.24 bits per heavy atom. The molecule has 110 valence electrons. The molecule has 0 fully saturated rings. The van der Waals surface area contributed by atoms with Crippen LogP contribution in [0.25, 0.3) is 10.8 Å². The topological polar surface area (TPSA) is 60.2 Å². The maximum atomic E-state index is 5.62. The van der Waals surface area contributed by atoms with Gasteiger partial charge in [-0.25, -0.2) is 0 Å². The predicted octanol–water partition coefficient (Wildman–Crippen LogP) is 3.93. The van der Waals surface area contributed by atoms with E-state index in [1.807, 2.05) is 13.0 Å². The van der Waals surface area contributed by atoms with Crippen molar-refractivity contribution in [3.05, 3.63) is 38.9 Å². The number of methoxy groups -OCH3 is 1. The van der Waals surface area contributed by atoms with Crippen LogP contribution in [0.3, 0.4) is 0 Å². The molecule has 0 atom stereocenters. The van der Waals surface area contributed by atoms with E-state index >= 15 is 0 Å². The Balaban J connectivity index is 1.61. The molecule has 0 aliphatic rings. The summed E-state index contributed by atoms with van der Waals surface area (Å²) in [7, 11) is 1.70. The van der Waals surface area contributed by atoms with Crippen molar-refractivity contribution in [1.82, 2.24) is 10.2 Å². The van der Waals surface area contributed by atoms with Gasteiger partial charge in [-0.3, -0.25) is 0 Å². The van der Waals surface area contributed by atoms with Gasteiger partial charge in [0.2, 0.25) is 0 Å². The molecule has 21 heavy (non-hydrogen) atoms. The zero-order valence-corrected chi connectivity index (χ0v) is 13.4. The van der Waals surface area contributed by atoms with E-state index in [9.17, 15) is 0 Å². The van der Waals surface area contributed by atoms with Crippen LogP contribution in [0.1, 0.15) is 16.0 Å². The van der Waals surface area contributed by atoms with Gasteiger partial charge in [0.15, 0.2) is 0 Å². The third-order valence-electron chi connectivity index (χ3n) is 2.80. The van der Waals surface area contributed by atoms with E-state index in [0.717, 1.165) is 4.88 Å². The molecule has 0 amide bonds. The molecule has 7 heteroatoms. The van der Waals surface area contributed by atoms with Gasteiger partial charge in [-0.05, 0) is 40.9 Å². The summed E-state index contributed by atoms with van der Waals surface area (Å²) in [5.41, 5.74) is 2.38. The van der Waals surface area contributed by atoms with E-state index in [1.165, 1.54) is 16.0 Å². The molecule has 0 aliphatic heterocycles. The minimum Gasteiger partial charge on any atom is -0.403 e. The summed E-state index contributed by atoms with van der Waals surface area (Å²) in [5.74, 6) is 0.557. The van der Waals surface area contributed by atoms with Gasteiger partial charge in [0.05, 0.1) is 18.0 Å². The molecule has 0 spiro atoms. The highest BCUT2D eigenvalue weighted by atomic mass is 32.1. The van der Waals surface area contributed by atoms with Gasteiger partial charge in [-0.15, -0.1) is 27.8 Å². The summed E-state index contributed by atoms with van der Waals surface area (Å²) in [5, 5.41) is 15.4. The fourth-order valence-corrected chi connectivity index (χ4v) is 3.49. The van der Waals surface area contributed by atoms with Gasteiger partial charge in [0.25, 0.3) is 5.89 Å². The molecule has 3 rings (SSSR count). The highest BCUT2D eigenvalue weighted by Gasteiger charge is 2.10.